The molecule has 0 aliphatic heterocycles. The SMILES string of the molecule is COc1ccc(-c2nccc(NCc3ccccc3)n2)cn1. The largest absolute Gasteiger partial charge is 0.481 e. The van der Waals surface area contributed by atoms with Crippen LogP contribution in [-0.2, 0) is 6.54 Å². The lowest BCUT2D eigenvalue weighted by Crippen LogP contribution is -2.02. The van der Waals surface area contributed by atoms with E-state index in [4.69, 9.17) is 4.74 Å². The Morgan fingerprint density at radius 3 is 2.59 bits per heavy atom. The second-order valence-electron chi connectivity index (χ2n) is 4.69. The highest BCUT2D eigenvalue weighted by Crippen LogP contribution is 2.17. The second-order valence-corrected chi connectivity index (χ2v) is 4.69. The van der Waals surface area contributed by atoms with Crippen LogP contribution in [0.3, 0.4) is 0 Å². The van der Waals surface area contributed by atoms with E-state index in [0.717, 1.165) is 17.9 Å². The van der Waals surface area contributed by atoms with E-state index in [1.54, 1.807) is 25.6 Å². The highest BCUT2D eigenvalue weighted by Gasteiger charge is 2.04. The Labute approximate surface area is 129 Å². The van der Waals surface area contributed by atoms with Gasteiger partial charge in [0.15, 0.2) is 5.82 Å². The summed E-state index contributed by atoms with van der Waals surface area (Å²) in [6.45, 7) is 0.720. The molecular formula is C17H16N4O. The summed E-state index contributed by atoms with van der Waals surface area (Å²) >= 11 is 0. The van der Waals surface area contributed by atoms with Gasteiger partial charge in [0, 0.05) is 30.6 Å². The molecule has 0 aliphatic rings. The summed E-state index contributed by atoms with van der Waals surface area (Å²) in [6.07, 6.45) is 3.44. The van der Waals surface area contributed by atoms with Gasteiger partial charge in [-0.1, -0.05) is 30.3 Å². The lowest BCUT2D eigenvalue weighted by molar-refractivity contribution is 0.398. The first-order chi connectivity index (χ1) is 10.8. The van der Waals surface area contributed by atoms with E-state index < -0.39 is 0 Å². The normalized spacial score (nSPS) is 10.2. The molecule has 0 fully saturated rings. The Hall–Kier alpha value is -2.95. The zero-order valence-corrected chi connectivity index (χ0v) is 12.2. The van der Waals surface area contributed by atoms with E-state index in [9.17, 15) is 0 Å². The van der Waals surface area contributed by atoms with Gasteiger partial charge in [0.25, 0.3) is 0 Å². The highest BCUT2D eigenvalue weighted by molar-refractivity contribution is 5.56. The number of nitrogens with one attached hydrogen (secondary N) is 1. The molecule has 0 saturated carbocycles. The van der Waals surface area contributed by atoms with Gasteiger partial charge in [-0.05, 0) is 17.7 Å². The molecule has 110 valence electrons. The third-order valence-corrected chi connectivity index (χ3v) is 3.18. The Morgan fingerprint density at radius 1 is 1.00 bits per heavy atom. The third kappa shape index (κ3) is 3.38. The van der Waals surface area contributed by atoms with Crippen LogP contribution >= 0.6 is 0 Å². The number of hydrogen-bond donors (Lipinski definition) is 1. The van der Waals surface area contributed by atoms with Crippen LogP contribution in [0.2, 0.25) is 0 Å². The van der Waals surface area contributed by atoms with Crippen molar-refractivity contribution >= 4 is 5.82 Å². The first-order valence-electron chi connectivity index (χ1n) is 6.96. The van der Waals surface area contributed by atoms with E-state index in [1.807, 2.05) is 30.3 Å². The first kappa shape index (κ1) is 14.0. The standard InChI is InChI=1S/C17H16N4O/c1-22-16-8-7-14(12-20-16)17-18-10-9-15(21-17)19-11-13-5-3-2-4-6-13/h2-10,12H,11H2,1H3,(H,18,19,21). The average Bonchev–Trinajstić information content (AvgIpc) is 2.61. The number of ether oxygens (including phenoxy) is 1. The van der Waals surface area contributed by atoms with Crippen molar-refractivity contribution < 1.29 is 4.74 Å². The summed E-state index contributed by atoms with van der Waals surface area (Å²) in [6, 6.07) is 15.7. The van der Waals surface area contributed by atoms with Gasteiger partial charge in [0.05, 0.1) is 7.11 Å². The van der Waals surface area contributed by atoms with Crippen LogP contribution in [0.4, 0.5) is 5.82 Å². The zero-order chi connectivity index (χ0) is 15.2. The van der Waals surface area contributed by atoms with Gasteiger partial charge in [0.1, 0.15) is 5.82 Å². The van der Waals surface area contributed by atoms with Crippen molar-refractivity contribution in [1.29, 1.82) is 0 Å². The maximum absolute atomic E-state index is 5.05. The molecule has 0 amide bonds. The van der Waals surface area contributed by atoms with Crippen LogP contribution in [0, 0.1) is 0 Å². The molecular weight excluding hydrogens is 276 g/mol. The van der Waals surface area contributed by atoms with Crippen LogP contribution in [0.5, 0.6) is 5.88 Å². The predicted octanol–water partition coefficient (Wildman–Crippen LogP) is 3.16. The molecule has 22 heavy (non-hydrogen) atoms. The number of hydrogen-bond acceptors (Lipinski definition) is 5. The minimum absolute atomic E-state index is 0.571. The second kappa shape index (κ2) is 6.67. The zero-order valence-electron chi connectivity index (χ0n) is 12.2. The molecule has 0 radical (unpaired) electrons. The smallest absolute Gasteiger partial charge is 0.212 e. The van der Waals surface area contributed by atoms with Gasteiger partial charge in [-0.2, -0.15) is 0 Å². The van der Waals surface area contributed by atoms with Gasteiger partial charge in [0.2, 0.25) is 5.88 Å². The number of benzene rings is 1. The summed E-state index contributed by atoms with van der Waals surface area (Å²) in [5.74, 6) is 1.99. The molecule has 5 nitrogen and oxygen atoms in total. The monoisotopic (exact) mass is 292 g/mol. The van der Waals surface area contributed by atoms with Crippen molar-refractivity contribution in [1.82, 2.24) is 15.0 Å². The Bertz CT molecular complexity index is 729. The highest BCUT2D eigenvalue weighted by atomic mass is 16.5. The third-order valence-electron chi connectivity index (χ3n) is 3.18. The molecule has 1 N–H and O–H groups in total. The fourth-order valence-electron chi connectivity index (χ4n) is 2.02. The number of methoxy groups -OCH3 is 1. The summed E-state index contributed by atoms with van der Waals surface area (Å²) in [7, 11) is 1.59. The minimum Gasteiger partial charge on any atom is -0.481 e. The van der Waals surface area contributed by atoms with Crippen molar-refractivity contribution in [2.45, 2.75) is 6.54 Å². The van der Waals surface area contributed by atoms with E-state index >= 15 is 0 Å². The van der Waals surface area contributed by atoms with Gasteiger partial charge in [-0.25, -0.2) is 15.0 Å². The predicted molar refractivity (Wildman–Crippen MR) is 85.6 cm³/mol. The Kier molecular flexibility index (Phi) is 4.25. The van der Waals surface area contributed by atoms with Crippen molar-refractivity contribution in [2.24, 2.45) is 0 Å². The topological polar surface area (TPSA) is 59.9 Å². The van der Waals surface area contributed by atoms with Crippen molar-refractivity contribution in [3.05, 3.63) is 66.5 Å². The lowest BCUT2D eigenvalue weighted by Gasteiger charge is -2.07. The van der Waals surface area contributed by atoms with Crippen molar-refractivity contribution in [3.63, 3.8) is 0 Å². The Morgan fingerprint density at radius 2 is 1.86 bits per heavy atom. The summed E-state index contributed by atoms with van der Waals surface area (Å²) in [4.78, 5) is 13.0. The quantitative estimate of drug-likeness (QED) is 0.782. The molecule has 0 spiro atoms. The molecule has 1 aromatic carbocycles. The van der Waals surface area contributed by atoms with E-state index in [2.05, 4.69) is 32.4 Å². The van der Waals surface area contributed by atoms with E-state index in [0.29, 0.717) is 11.7 Å². The summed E-state index contributed by atoms with van der Waals surface area (Å²) in [5, 5.41) is 3.30. The fraction of sp³-hybridized carbons (Fsp3) is 0.118. The molecule has 0 saturated heterocycles. The number of nitrogens with zero attached hydrogens (tertiary/aromatic N) is 3. The molecule has 3 rings (SSSR count). The van der Waals surface area contributed by atoms with Crippen LogP contribution in [0.1, 0.15) is 5.56 Å². The first-order valence-corrected chi connectivity index (χ1v) is 6.96. The summed E-state index contributed by atoms with van der Waals surface area (Å²) < 4.78 is 5.05. The van der Waals surface area contributed by atoms with Crippen LogP contribution in [0.15, 0.2) is 60.9 Å². The minimum atomic E-state index is 0.571. The van der Waals surface area contributed by atoms with Gasteiger partial charge < -0.3 is 10.1 Å². The van der Waals surface area contributed by atoms with Crippen LogP contribution < -0.4 is 10.1 Å². The summed E-state index contributed by atoms with van der Waals surface area (Å²) in [5.41, 5.74) is 2.05. The van der Waals surface area contributed by atoms with Crippen molar-refractivity contribution in [2.75, 3.05) is 12.4 Å². The molecule has 5 heteroatoms. The van der Waals surface area contributed by atoms with Gasteiger partial charge in [-0.3, -0.25) is 0 Å². The fourth-order valence-corrected chi connectivity index (χ4v) is 2.02. The molecule has 3 aromatic rings. The molecule has 0 aliphatic carbocycles. The molecule has 2 aromatic heterocycles. The van der Waals surface area contributed by atoms with Gasteiger partial charge >= 0.3 is 0 Å². The number of anilines is 1. The van der Waals surface area contributed by atoms with E-state index in [1.165, 1.54) is 5.56 Å². The Balaban J connectivity index is 1.74. The van der Waals surface area contributed by atoms with Gasteiger partial charge in [-0.15, -0.1) is 0 Å². The number of rotatable bonds is 5. The molecule has 0 bridgehead atoms. The maximum Gasteiger partial charge on any atom is 0.212 e. The molecule has 0 unspecified atom stereocenters. The van der Waals surface area contributed by atoms with Crippen molar-refractivity contribution in [3.8, 4) is 17.3 Å². The lowest BCUT2D eigenvalue weighted by atomic mass is 10.2. The number of aromatic nitrogens is 3. The average molecular weight is 292 g/mol. The maximum atomic E-state index is 5.05. The molecule has 0 atom stereocenters. The molecule has 2 heterocycles. The van der Waals surface area contributed by atoms with Crippen LogP contribution in [-0.4, -0.2) is 22.1 Å². The van der Waals surface area contributed by atoms with Crippen LogP contribution in [0.25, 0.3) is 11.4 Å². The van der Waals surface area contributed by atoms with E-state index in [-0.39, 0.29) is 0 Å². The number of pyridine rings is 1.